The van der Waals surface area contributed by atoms with Gasteiger partial charge in [0.2, 0.25) is 0 Å². The van der Waals surface area contributed by atoms with Crippen molar-refractivity contribution in [3.05, 3.63) is 52.6 Å². The van der Waals surface area contributed by atoms with Gasteiger partial charge in [-0.15, -0.1) is 0 Å². The van der Waals surface area contributed by atoms with Crippen molar-refractivity contribution in [2.45, 2.75) is 0 Å². The van der Waals surface area contributed by atoms with E-state index in [1.165, 1.54) is 52.7 Å². The molecule has 2 N–H and O–H groups in total. The van der Waals surface area contributed by atoms with Crippen LogP contribution in [0.25, 0.3) is 6.08 Å². The second kappa shape index (κ2) is 10.2. The first-order valence-electron chi connectivity index (χ1n) is 8.34. The number of nitrogens with one attached hydrogen (secondary N) is 2. The molecule has 2 amide bonds. The van der Waals surface area contributed by atoms with Crippen LogP contribution in [0, 0.1) is 0 Å². The van der Waals surface area contributed by atoms with E-state index in [0.717, 1.165) is 0 Å². The Kier molecular flexibility index (Phi) is 7.73. The van der Waals surface area contributed by atoms with Crippen LogP contribution in [-0.4, -0.2) is 40.3 Å². The summed E-state index contributed by atoms with van der Waals surface area (Å²) in [7, 11) is 5.91. The molecule has 0 unspecified atom stereocenters. The van der Waals surface area contributed by atoms with E-state index in [1.54, 1.807) is 18.2 Å². The maximum Gasteiger partial charge on any atom is 0.269 e. The van der Waals surface area contributed by atoms with Gasteiger partial charge in [0.15, 0.2) is 11.5 Å². The molecule has 8 nitrogen and oxygen atoms in total. The van der Waals surface area contributed by atoms with Crippen LogP contribution in [0.3, 0.4) is 0 Å². The Morgan fingerprint density at radius 3 is 2.07 bits per heavy atom. The van der Waals surface area contributed by atoms with E-state index in [1.807, 2.05) is 0 Å². The highest BCUT2D eigenvalue weighted by Gasteiger charge is 2.11. The lowest BCUT2D eigenvalue weighted by Gasteiger charge is -2.10. The number of amides is 2. The molecular formula is C20H21ClN2O6. The Morgan fingerprint density at radius 2 is 1.52 bits per heavy atom. The number of hydrogen-bond donors (Lipinski definition) is 2. The minimum absolute atomic E-state index is 0.261. The quantitative estimate of drug-likeness (QED) is 0.528. The third-order valence-electron chi connectivity index (χ3n) is 3.80. The maximum atomic E-state index is 12.2. The van der Waals surface area contributed by atoms with Crippen LogP contribution in [0.2, 0.25) is 5.02 Å². The number of hydrogen-bond acceptors (Lipinski definition) is 6. The van der Waals surface area contributed by atoms with E-state index in [9.17, 15) is 9.59 Å². The van der Waals surface area contributed by atoms with Crippen molar-refractivity contribution >= 4 is 29.5 Å². The molecule has 0 fully saturated rings. The summed E-state index contributed by atoms with van der Waals surface area (Å²) in [4.78, 5) is 24.3. The van der Waals surface area contributed by atoms with Crippen molar-refractivity contribution in [2.24, 2.45) is 0 Å². The molecule has 0 spiro atoms. The number of carbonyl (C=O) groups excluding carboxylic acids is 2. The molecule has 0 saturated heterocycles. The fraction of sp³-hybridized carbons (Fsp3) is 0.200. The molecule has 0 radical (unpaired) electrons. The largest absolute Gasteiger partial charge is 0.497 e. The number of benzene rings is 2. The van der Waals surface area contributed by atoms with Gasteiger partial charge in [0.1, 0.15) is 11.5 Å². The van der Waals surface area contributed by atoms with Crippen LogP contribution >= 0.6 is 11.6 Å². The number of hydrazine groups is 1. The molecule has 9 heteroatoms. The number of carbonyl (C=O) groups is 2. The number of halogens is 1. The van der Waals surface area contributed by atoms with Crippen LogP contribution in [-0.2, 0) is 4.79 Å². The Labute approximate surface area is 173 Å². The molecule has 0 aliphatic carbocycles. The number of rotatable bonds is 7. The van der Waals surface area contributed by atoms with Gasteiger partial charge in [-0.25, -0.2) is 0 Å². The van der Waals surface area contributed by atoms with Gasteiger partial charge in [0.25, 0.3) is 11.8 Å². The lowest BCUT2D eigenvalue weighted by molar-refractivity contribution is -0.117. The minimum atomic E-state index is -0.542. The normalized spacial score (nSPS) is 10.4. The molecule has 29 heavy (non-hydrogen) atoms. The molecule has 0 saturated carbocycles. The van der Waals surface area contributed by atoms with Crippen molar-refractivity contribution in [1.82, 2.24) is 10.9 Å². The molecule has 2 aromatic carbocycles. The molecule has 154 valence electrons. The van der Waals surface area contributed by atoms with E-state index >= 15 is 0 Å². The molecular weight excluding hydrogens is 400 g/mol. The van der Waals surface area contributed by atoms with Gasteiger partial charge in [0.05, 0.1) is 33.5 Å². The van der Waals surface area contributed by atoms with Crippen LogP contribution < -0.4 is 29.8 Å². The zero-order valence-electron chi connectivity index (χ0n) is 16.4. The lowest BCUT2D eigenvalue weighted by atomic mass is 10.2. The van der Waals surface area contributed by atoms with E-state index in [4.69, 9.17) is 30.5 Å². The summed E-state index contributed by atoms with van der Waals surface area (Å²) in [5.41, 5.74) is 5.49. The van der Waals surface area contributed by atoms with Gasteiger partial charge in [-0.1, -0.05) is 11.6 Å². The average Bonchev–Trinajstić information content (AvgIpc) is 2.74. The number of ether oxygens (including phenoxy) is 4. The number of methoxy groups -OCH3 is 4. The molecule has 0 aliphatic heterocycles. The summed E-state index contributed by atoms with van der Waals surface area (Å²) in [5.74, 6) is 0.659. The molecule has 2 aromatic rings. The van der Waals surface area contributed by atoms with Crippen molar-refractivity contribution in [3.63, 3.8) is 0 Å². The lowest BCUT2D eigenvalue weighted by Crippen LogP contribution is -2.40. The Morgan fingerprint density at radius 1 is 0.862 bits per heavy atom. The average molecular weight is 421 g/mol. The Balaban J connectivity index is 2.03. The Bertz CT molecular complexity index is 907. The summed E-state index contributed by atoms with van der Waals surface area (Å²) in [6.07, 6.45) is 2.76. The van der Waals surface area contributed by atoms with Gasteiger partial charge in [-0.05, 0) is 35.9 Å². The second-order valence-electron chi connectivity index (χ2n) is 5.62. The molecule has 2 rings (SSSR count). The van der Waals surface area contributed by atoms with Gasteiger partial charge >= 0.3 is 0 Å². The topological polar surface area (TPSA) is 95.1 Å². The second-order valence-corrected chi connectivity index (χ2v) is 6.02. The first-order valence-corrected chi connectivity index (χ1v) is 8.72. The summed E-state index contributed by atoms with van der Waals surface area (Å²) < 4.78 is 20.6. The van der Waals surface area contributed by atoms with Crippen molar-refractivity contribution in [1.29, 1.82) is 0 Å². The van der Waals surface area contributed by atoms with Crippen molar-refractivity contribution < 1.29 is 28.5 Å². The van der Waals surface area contributed by atoms with Gasteiger partial charge in [-0.3, -0.25) is 20.4 Å². The molecule has 0 bridgehead atoms. The van der Waals surface area contributed by atoms with Gasteiger partial charge in [0, 0.05) is 17.7 Å². The van der Waals surface area contributed by atoms with Crippen molar-refractivity contribution in [2.75, 3.05) is 28.4 Å². The standard InChI is InChI=1S/C20H21ClN2O6/c1-26-14-9-13(10-15(11-14)27-2)20(25)23-22-18(24)6-5-12-7-16(21)19(29-4)17(8-12)28-3/h5-11H,1-4H3,(H,22,24)(H,23,25)/b6-5+. The SMILES string of the molecule is COc1cc(OC)cc(C(=O)NNC(=O)/C=C/c2cc(Cl)c(OC)c(OC)c2)c1. The first-order chi connectivity index (χ1) is 13.9. The van der Waals surface area contributed by atoms with Gasteiger partial charge < -0.3 is 18.9 Å². The summed E-state index contributed by atoms with van der Waals surface area (Å²) in [5, 5.41) is 0.340. The fourth-order valence-electron chi connectivity index (χ4n) is 2.38. The molecule has 0 aliphatic rings. The van der Waals surface area contributed by atoms with E-state index in [-0.39, 0.29) is 5.56 Å². The molecule has 0 atom stereocenters. The first kappa shape index (κ1) is 21.9. The smallest absolute Gasteiger partial charge is 0.269 e. The zero-order valence-corrected chi connectivity index (χ0v) is 17.1. The predicted molar refractivity (Wildman–Crippen MR) is 109 cm³/mol. The fourth-order valence-corrected chi connectivity index (χ4v) is 2.67. The predicted octanol–water partition coefficient (Wildman–Crippen LogP) is 2.85. The Hall–Kier alpha value is -3.39. The highest BCUT2D eigenvalue weighted by Crippen LogP contribution is 2.36. The van der Waals surface area contributed by atoms with Crippen LogP contribution in [0.5, 0.6) is 23.0 Å². The van der Waals surface area contributed by atoms with E-state index in [2.05, 4.69) is 10.9 Å². The zero-order chi connectivity index (χ0) is 21.4. The summed E-state index contributed by atoms with van der Waals surface area (Å²) in [6.45, 7) is 0. The van der Waals surface area contributed by atoms with Gasteiger partial charge in [-0.2, -0.15) is 0 Å². The third-order valence-corrected chi connectivity index (χ3v) is 4.08. The highest BCUT2D eigenvalue weighted by molar-refractivity contribution is 6.32. The monoisotopic (exact) mass is 420 g/mol. The van der Waals surface area contributed by atoms with E-state index < -0.39 is 11.8 Å². The third kappa shape index (κ3) is 5.79. The minimum Gasteiger partial charge on any atom is -0.497 e. The van der Waals surface area contributed by atoms with Crippen LogP contribution in [0.4, 0.5) is 0 Å². The van der Waals surface area contributed by atoms with Crippen LogP contribution in [0.1, 0.15) is 15.9 Å². The maximum absolute atomic E-state index is 12.2. The summed E-state index contributed by atoms with van der Waals surface area (Å²) in [6, 6.07) is 7.95. The van der Waals surface area contributed by atoms with Crippen LogP contribution in [0.15, 0.2) is 36.4 Å². The summed E-state index contributed by atoms with van der Waals surface area (Å²) >= 11 is 6.13. The highest BCUT2D eigenvalue weighted by atomic mass is 35.5. The molecule has 0 heterocycles. The molecule has 0 aromatic heterocycles. The van der Waals surface area contributed by atoms with E-state index in [0.29, 0.717) is 33.6 Å². The van der Waals surface area contributed by atoms with Crippen molar-refractivity contribution in [3.8, 4) is 23.0 Å².